The van der Waals surface area contributed by atoms with Crippen molar-refractivity contribution in [2.45, 2.75) is 53.0 Å². The molecule has 1 aromatic heterocycles. The van der Waals surface area contributed by atoms with Gasteiger partial charge in [0.15, 0.2) is 0 Å². The van der Waals surface area contributed by atoms with Gasteiger partial charge in [0.1, 0.15) is 0 Å². The number of hydrogen-bond acceptors (Lipinski definition) is 7. The molecule has 7 nitrogen and oxygen atoms in total. The van der Waals surface area contributed by atoms with Crippen molar-refractivity contribution in [3.05, 3.63) is 0 Å². The molecule has 1 saturated carbocycles. The van der Waals surface area contributed by atoms with Crippen LogP contribution < -0.4 is 21.5 Å². The quantitative estimate of drug-likeness (QED) is 0.545. The van der Waals surface area contributed by atoms with E-state index in [2.05, 4.69) is 58.3 Å². The Morgan fingerprint density at radius 2 is 1.86 bits per heavy atom. The monoisotopic (exact) mass is 293 g/mol. The highest BCUT2D eigenvalue weighted by atomic mass is 15.4. The Balaban J connectivity index is 2.24. The molecule has 1 heterocycles. The number of nitrogens with zero attached hydrogens (tertiary/aromatic N) is 4. The number of aromatic nitrogens is 3. The molecule has 118 valence electrons. The molecule has 1 atom stereocenters. The fourth-order valence-electron chi connectivity index (χ4n) is 2.89. The molecule has 0 aliphatic heterocycles. The molecule has 2 rings (SSSR count). The van der Waals surface area contributed by atoms with E-state index in [1.54, 1.807) is 0 Å². The second kappa shape index (κ2) is 6.43. The van der Waals surface area contributed by atoms with E-state index in [0.29, 0.717) is 23.9 Å². The van der Waals surface area contributed by atoms with Crippen molar-refractivity contribution in [3.63, 3.8) is 0 Å². The molecule has 4 N–H and O–H groups in total. The van der Waals surface area contributed by atoms with E-state index in [-0.39, 0.29) is 5.41 Å². The first-order valence-electron chi connectivity index (χ1n) is 7.74. The van der Waals surface area contributed by atoms with Gasteiger partial charge in [0.2, 0.25) is 17.8 Å². The summed E-state index contributed by atoms with van der Waals surface area (Å²) in [5, 5.41) is 3.46. The summed E-state index contributed by atoms with van der Waals surface area (Å²) < 4.78 is 0. The van der Waals surface area contributed by atoms with Gasteiger partial charge in [-0.15, -0.1) is 0 Å². The molecule has 0 amide bonds. The maximum absolute atomic E-state index is 5.48. The Morgan fingerprint density at radius 3 is 2.38 bits per heavy atom. The molecule has 1 aliphatic rings. The predicted molar refractivity (Wildman–Crippen MR) is 86.2 cm³/mol. The minimum Gasteiger partial charge on any atom is -0.351 e. The lowest BCUT2D eigenvalue weighted by Gasteiger charge is -2.28. The maximum Gasteiger partial charge on any atom is 0.243 e. The minimum atomic E-state index is 0.262. The molecule has 1 aliphatic carbocycles. The molecule has 0 bridgehead atoms. The van der Waals surface area contributed by atoms with E-state index in [4.69, 9.17) is 5.84 Å². The van der Waals surface area contributed by atoms with Gasteiger partial charge < -0.3 is 10.2 Å². The lowest BCUT2D eigenvalue weighted by molar-refractivity contribution is 0.349. The smallest absolute Gasteiger partial charge is 0.243 e. The van der Waals surface area contributed by atoms with Gasteiger partial charge >= 0.3 is 0 Å². The normalized spacial score (nSPS) is 20.3. The molecule has 21 heavy (non-hydrogen) atoms. The first kappa shape index (κ1) is 15.8. The summed E-state index contributed by atoms with van der Waals surface area (Å²) in [6.45, 7) is 10.4. The molecule has 1 aromatic rings. The number of hydrogen-bond donors (Lipinski definition) is 3. The number of nitrogens with one attached hydrogen (secondary N) is 2. The van der Waals surface area contributed by atoms with E-state index in [0.717, 1.165) is 19.5 Å². The first-order valence-corrected chi connectivity index (χ1v) is 7.74. The van der Waals surface area contributed by atoms with Crippen LogP contribution in [0.5, 0.6) is 0 Å². The Labute approximate surface area is 126 Å². The molecule has 7 heteroatoms. The summed E-state index contributed by atoms with van der Waals surface area (Å²) in [4.78, 5) is 15.3. The molecule has 0 aromatic carbocycles. The van der Waals surface area contributed by atoms with E-state index in [1.807, 2.05) is 0 Å². The molecular weight excluding hydrogens is 266 g/mol. The van der Waals surface area contributed by atoms with Gasteiger partial charge in [-0.2, -0.15) is 15.0 Å². The molecule has 1 unspecified atom stereocenters. The Morgan fingerprint density at radius 1 is 1.19 bits per heavy atom. The van der Waals surface area contributed by atoms with E-state index >= 15 is 0 Å². The zero-order chi connectivity index (χ0) is 15.5. The Bertz CT molecular complexity index is 470. The third kappa shape index (κ3) is 3.53. The fraction of sp³-hybridized carbons (Fsp3) is 0.786. The van der Waals surface area contributed by atoms with Crippen LogP contribution in [0, 0.1) is 5.41 Å². The first-order chi connectivity index (χ1) is 10.00. The van der Waals surface area contributed by atoms with Crippen molar-refractivity contribution in [1.82, 2.24) is 15.0 Å². The van der Waals surface area contributed by atoms with Crippen molar-refractivity contribution in [1.29, 1.82) is 0 Å². The number of anilines is 3. The average molecular weight is 293 g/mol. The maximum atomic E-state index is 5.48. The highest BCUT2D eigenvalue weighted by Gasteiger charge is 2.35. The Kier molecular flexibility index (Phi) is 4.82. The van der Waals surface area contributed by atoms with Crippen molar-refractivity contribution in [3.8, 4) is 0 Å². The SMILES string of the molecule is CCN(CC)c1nc(NN)nc(NC2CCCC2(C)C)n1. The van der Waals surface area contributed by atoms with Gasteiger partial charge in [0.25, 0.3) is 0 Å². The minimum absolute atomic E-state index is 0.262. The molecule has 0 saturated heterocycles. The summed E-state index contributed by atoms with van der Waals surface area (Å²) in [6, 6.07) is 0.384. The van der Waals surface area contributed by atoms with Crippen molar-refractivity contribution >= 4 is 17.8 Å². The summed E-state index contributed by atoms with van der Waals surface area (Å²) >= 11 is 0. The number of nitrogens with two attached hydrogens (primary N) is 1. The van der Waals surface area contributed by atoms with Crippen LogP contribution >= 0.6 is 0 Å². The molecule has 0 spiro atoms. The summed E-state index contributed by atoms with van der Waals surface area (Å²) in [6.07, 6.45) is 3.60. The van der Waals surface area contributed by atoms with Gasteiger partial charge in [0, 0.05) is 19.1 Å². The highest BCUT2D eigenvalue weighted by molar-refractivity contribution is 5.44. The van der Waals surface area contributed by atoms with Crippen molar-refractivity contribution in [2.24, 2.45) is 11.3 Å². The van der Waals surface area contributed by atoms with Crippen LogP contribution in [-0.2, 0) is 0 Å². The van der Waals surface area contributed by atoms with Crippen LogP contribution in [0.3, 0.4) is 0 Å². The molecular formula is C14H27N7. The van der Waals surface area contributed by atoms with Gasteiger partial charge in [-0.05, 0) is 32.1 Å². The van der Waals surface area contributed by atoms with Crippen LogP contribution in [0.15, 0.2) is 0 Å². The van der Waals surface area contributed by atoms with Crippen LogP contribution in [0.2, 0.25) is 0 Å². The number of rotatable bonds is 6. The molecule has 0 radical (unpaired) electrons. The van der Waals surface area contributed by atoms with Gasteiger partial charge in [0.05, 0.1) is 0 Å². The predicted octanol–water partition coefficient (Wildman–Crippen LogP) is 1.99. The van der Waals surface area contributed by atoms with Crippen molar-refractivity contribution in [2.75, 3.05) is 28.7 Å². The van der Waals surface area contributed by atoms with Crippen LogP contribution in [0.1, 0.15) is 47.0 Å². The lowest BCUT2D eigenvalue weighted by atomic mass is 9.87. The molecule has 1 fully saturated rings. The number of hydrazine groups is 1. The van der Waals surface area contributed by atoms with Gasteiger partial charge in [-0.1, -0.05) is 20.3 Å². The lowest BCUT2D eigenvalue weighted by Crippen LogP contribution is -2.32. The van der Waals surface area contributed by atoms with Crippen LogP contribution in [-0.4, -0.2) is 34.1 Å². The second-order valence-corrected chi connectivity index (χ2v) is 6.18. The van der Waals surface area contributed by atoms with Crippen LogP contribution in [0.25, 0.3) is 0 Å². The average Bonchev–Trinajstić information content (AvgIpc) is 2.79. The highest BCUT2D eigenvalue weighted by Crippen LogP contribution is 2.38. The summed E-state index contributed by atoms with van der Waals surface area (Å²) in [7, 11) is 0. The van der Waals surface area contributed by atoms with E-state index < -0.39 is 0 Å². The van der Waals surface area contributed by atoms with Gasteiger partial charge in [-0.3, -0.25) is 5.43 Å². The van der Waals surface area contributed by atoms with Gasteiger partial charge in [-0.25, -0.2) is 5.84 Å². The van der Waals surface area contributed by atoms with E-state index in [9.17, 15) is 0 Å². The zero-order valence-corrected chi connectivity index (χ0v) is 13.5. The standard InChI is InChI=1S/C14H27N7/c1-5-21(6-2)13-18-11(17-12(19-13)20-15)16-10-8-7-9-14(10,3)4/h10H,5-9,15H2,1-4H3,(H2,16,17,18,19,20). The Hall–Kier alpha value is -1.63. The number of nitrogen functional groups attached to an aromatic ring is 1. The zero-order valence-electron chi connectivity index (χ0n) is 13.5. The van der Waals surface area contributed by atoms with Crippen molar-refractivity contribution < 1.29 is 0 Å². The van der Waals surface area contributed by atoms with E-state index in [1.165, 1.54) is 12.8 Å². The van der Waals surface area contributed by atoms with Crippen LogP contribution in [0.4, 0.5) is 17.8 Å². The largest absolute Gasteiger partial charge is 0.351 e. The summed E-state index contributed by atoms with van der Waals surface area (Å²) in [5.41, 5.74) is 2.79. The third-order valence-corrected chi connectivity index (χ3v) is 4.36. The topological polar surface area (TPSA) is 92.0 Å². The fourth-order valence-corrected chi connectivity index (χ4v) is 2.89. The summed E-state index contributed by atoms with van der Waals surface area (Å²) in [5.74, 6) is 7.13. The second-order valence-electron chi connectivity index (χ2n) is 6.18. The third-order valence-electron chi connectivity index (χ3n) is 4.36.